The van der Waals surface area contributed by atoms with Gasteiger partial charge in [-0.2, -0.15) is 4.68 Å². The Labute approximate surface area is 167 Å². The highest BCUT2D eigenvalue weighted by Gasteiger charge is 2.29. The highest BCUT2D eigenvalue weighted by molar-refractivity contribution is 8.00. The van der Waals surface area contributed by atoms with E-state index in [2.05, 4.69) is 21.6 Å². The van der Waals surface area contributed by atoms with Crippen LogP contribution >= 0.6 is 11.8 Å². The lowest BCUT2D eigenvalue weighted by molar-refractivity contribution is -0.117. The molecule has 3 aromatic rings. The second-order valence-corrected chi connectivity index (χ2v) is 7.71. The van der Waals surface area contributed by atoms with E-state index in [4.69, 9.17) is 4.74 Å². The number of para-hydroxylation sites is 3. The van der Waals surface area contributed by atoms with Gasteiger partial charge in [0, 0.05) is 12.2 Å². The summed E-state index contributed by atoms with van der Waals surface area (Å²) in [5.74, 6) is 0.759. The number of nitrogens with zero attached hydrogens (tertiary/aromatic N) is 5. The number of hydrogen-bond acceptors (Lipinski definition) is 6. The number of hydrogen-bond donors (Lipinski definition) is 0. The molecule has 0 saturated heterocycles. The van der Waals surface area contributed by atoms with Crippen LogP contribution in [0.5, 0.6) is 5.75 Å². The summed E-state index contributed by atoms with van der Waals surface area (Å²) in [7, 11) is 0. The molecule has 1 amide bonds. The second-order valence-electron chi connectivity index (χ2n) is 6.40. The van der Waals surface area contributed by atoms with Crippen molar-refractivity contribution >= 4 is 23.4 Å². The van der Waals surface area contributed by atoms with Gasteiger partial charge in [-0.15, -0.1) is 5.10 Å². The van der Waals surface area contributed by atoms with Gasteiger partial charge in [0.05, 0.1) is 11.9 Å². The molecule has 2 heterocycles. The molecule has 1 atom stereocenters. The van der Waals surface area contributed by atoms with Gasteiger partial charge in [0.25, 0.3) is 0 Å². The van der Waals surface area contributed by atoms with E-state index in [1.807, 2.05) is 61.2 Å². The van der Waals surface area contributed by atoms with Crippen LogP contribution in [0.3, 0.4) is 0 Å². The standard InChI is InChI=1S/C20H21N5O2S/c1-3-27-18-11-7-6-10-17(18)25-20(21-22-23-25)28-14(2)19(26)24-13-12-15-8-4-5-9-16(15)24/h4-11,14H,3,12-13H2,1-2H3/t14-/m1/s1. The number of amides is 1. The van der Waals surface area contributed by atoms with E-state index in [1.165, 1.54) is 17.3 Å². The molecule has 144 valence electrons. The zero-order valence-corrected chi connectivity index (χ0v) is 16.6. The van der Waals surface area contributed by atoms with Crippen molar-refractivity contribution in [3.8, 4) is 11.4 Å². The molecule has 0 radical (unpaired) electrons. The first-order chi connectivity index (χ1) is 13.7. The molecule has 1 aliphatic heterocycles. The molecule has 0 saturated carbocycles. The molecule has 1 aromatic heterocycles. The Morgan fingerprint density at radius 2 is 1.93 bits per heavy atom. The number of benzene rings is 2. The summed E-state index contributed by atoms with van der Waals surface area (Å²) < 4.78 is 7.31. The molecule has 4 rings (SSSR count). The SMILES string of the molecule is CCOc1ccccc1-n1nnnc1S[C@H](C)C(=O)N1CCc2ccccc21. The maximum absolute atomic E-state index is 13.1. The van der Waals surface area contributed by atoms with Gasteiger partial charge in [-0.1, -0.05) is 42.1 Å². The highest BCUT2D eigenvalue weighted by Crippen LogP contribution is 2.32. The van der Waals surface area contributed by atoms with Crippen LogP contribution < -0.4 is 9.64 Å². The van der Waals surface area contributed by atoms with Crippen molar-refractivity contribution in [2.75, 3.05) is 18.1 Å². The summed E-state index contributed by atoms with van der Waals surface area (Å²) >= 11 is 1.35. The van der Waals surface area contributed by atoms with E-state index in [-0.39, 0.29) is 11.2 Å². The molecular weight excluding hydrogens is 374 g/mol. The molecule has 0 spiro atoms. The lowest BCUT2D eigenvalue weighted by Gasteiger charge is -2.21. The Morgan fingerprint density at radius 1 is 1.18 bits per heavy atom. The van der Waals surface area contributed by atoms with Crippen LogP contribution in [-0.2, 0) is 11.2 Å². The van der Waals surface area contributed by atoms with Crippen molar-refractivity contribution in [3.63, 3.8) is 0 Å². The summed E-state index contributed by atoms with van der Waals surface area (Å²) in [6, 6.07) is 15.6. The van der Waals surface area contributed by atoms with Gasteiger partial charge in [-0.05, 0) is 54.5 Å². The van der Waals surface area contributed by atoms with Gasteiger partial charge in [0.15, 0.2) is 0 Å². The van der Waals surface area contributed by atoms with E-state index in [0.717, 1.165) is 17.8 Å². The monoisotopic (exact) mass is 395 g/mol. The van der Waals surface area contributed by atoms with Gasteiger partial charge < -0.3 is 9.64 Å². The molecule has 8 heteroatoms. The van der Waals surface area contributed by atoms with Crippen LogP contribution in [-0.4, -0.2) is 44.5 Å². The number of anilines is 1. The van der Waals surface area contributed by atoms with Crippen LogP contribution in [0.4, 0.5) is 5.69 Å². The zero-order chi connectivity index (χ0) is 19.5. The molecule has 0 fully saturated rings. The lowest BCUT2D eigenvalue weighted by atomic mass is 10.2. The molecule has 0 N–H and O–H groups in total. The molecule has 0 aliphatic carbocycles. The molecule has 7 nitrogen and oxygen atoms in total. The van der Waals surface area contributed by atoms with Crippen molar-refractivity contribution < 1.29 is 9.53 Å². The normalized spacial score (nSPS) is 14.0. The van der Waals surface area contributed by atoms with Crippen LogP contribution in [0.1, 0.15) is 19.4 Å². The number of carbonyl (C=O) groups excluding carboxylic acids is 1. The first kappa shape index (κ1) is 18.5. The molecule has 0 bridgehead atoms. The number of tetrazole rings is 1. The van der Waals surface area contributed by atoms with Gasteiger partial charge in [-0.3, -0.25) is 4.79 Å². The van der Waals surface area contributed by atoms with Crippen LogP contribution in [0, 0.1) is 0 Å². The van der Waals surface area contributed by atoms with Gasteiger partial charge >= 0.3 is 0 Å². The quantitative estimate of drug-likeness (QED) is 0.597. The van der Waals surface area contributed by atoms with Crippen molar-refractivity contribution in [1.29, 1.82) is 0 Å². The first-order valence-corrected chi connectivity index (χ1v) is 10.1. The minimum Gasteiger partial charge on any atom is -0.492 e. The molecule has 1 aliphatic rings. The van der Waals surface area contributed by atoms with Gasteiger partial charge in [-0.25, -0.2) is 0 Å². The van der Waals surface area contributed by atoms with E-state index in [0.29, 0.717) is 24.1 Å². The number of carbonyl (C=O) groups is 1. The third-order valence-corrected chi connectivity index (χ3v) is 5.64. The number of fused-ring (bicyclic) bond motifs is 1. The molecule has 0 unspecified atom stereocenters. The largest absolute Gasteiger partial charge is 0.492 e. The van der Waals surface area contributed by atoms with Crippen LogP contribution in [0.2, 0.25) is 0 Å². The molecule has 28 heavy (non-hydrogen) atoms. The number of aromatic nitrogens is 4. The van der Waals surface area contributed by atoms with Gasteiger partial charge in [0.1, 0.15) is 11.4 Å². The average molecular weight is 395 g/mol. The van der Waals surface area contributed by atoms with E-state index in [1.54, 1.807) is 4.68 Å². The number of rotatable bonds is 6. The zero-order valence-electron chi connectivity index (χ0n) is 15.8. The van der Waals surface area contributed by atoms with E-state index in [9.17, 15) is 4.79 Å². The minimum absolute atomic E-state index is 0.0580. The predicted octanol–water partition coefficient (Wildman–Crippen LogP) is 3.13. The highest BCUT2D eigenvalue weighted by atomic mass is 32.2. The lowest BCUT2D eigenvalue weighted by Crippen LogP contribution is -2.35. The number of thioether (sulfide) groups is 1. The van der Waals surface area contributed by atoms with E-state index >= 15 is 0 Å². The van der Waals surface area contributed by atoms with Crippen molar-refractivity contribution in [2.45, 2.75) is 30.7 Å². The van der Waals surface area contributed by atoms with Crippen molar-refractivity contribution in [2.24, 2.45) is 0 Å². The second kappa shape index (κ2) is 8.02. The summed E-state index contributed by atoms with van der Waals surface area (Å²) in [6.07, 6.45) is 0.888. The number of ether oxygens (including phenoxy) is 1. The minimum atomic E-state index is -0.324. The first-order valence-electron chi connectivity index (χ1n) is 9.25. The fourth-order valence-electron chi connectivity index (χ4n) is 3.31. The topological polar surface area (TPSA) is 73.1 Å². The molecular formula is C20H21N5O2S. The Morgan fingerprint density at radius 3 is 2.75 bits per heavy atom. The summed E-state index contributed by atoms with van der Waals surface area (Å²) in [5, 5.41) is 12.3. The maximum atomic E-state index is 13.1. The maximum Gasteiger partial charge on any atom is 0.240 e. The fourth-order valence-corrected chi connectivity index (χ4v) is 4.17. The Bertz CT molecular complexity index is 990. The van der Waals surface area contributed by atoms with Crippen molar-refractivity contribution in [3.05, 3.63) is 54.1 Å². The Hall–Kier alpha value is -2.87. The Balaban J connectivity index is 1.55. The summed E-state index contributed by atoms with van der Waals surface area (Å²) in [4.78, 5) is 14.9. The predicted molar refractivity (Wildman–Crippen MR) is 108 cm³/mol. The van der Waals surface area contributed by atoms with E-state index < -0.39 is 0 Å². The van der Waals surface area contributed by atoms with Gasteiger partial charge in [0.2, 0.25) is 11.1 Å². The smallest absolute Gasteiger partial charge is 0.240 e. The Kier molecular flexibility index (Phi) is 5.29. The third-order valence-electron chi connectivity index (χ3n) is 4.62. The third kappa shape index (κ3) is 3.47. The fraction of sp³-hybridized carbons (Fsp3) is 0.300. The van der Waals surface area contributed by atoms with Crippen molar-refractivity contribution in [1.82, 2.24) is 20.2 Å². The van der Waals surface area contributed by atoms with Crippen LogP contribution in [0.25, 0.3) is 5.69 Å². The summed E-state index contributed by atoms with van der Waals surface area (Å²) in [5.41, 5.74) is 2.97. The summed E-state index contributed by atoms with van der Waals surface area (Å²) in [6.45, 7) is 5.08. The average Bonchev–Trinajstić information content (AvgIpc) is 3.35. The molecule has 2 aromatic carbocycles. The van der Waals surface area contributed by atoms with Crippen LogP contribution in [0.15, 0.2) is 53.7 Å².